The maximum absolute atomic E-state index is 12.2. The van der Waals surface area contributed by atoms with Crippen molar-refractivity contribution in [2.24, 2.45) is 0 Å². The fourth-order valence-electron chi connectivity index (χ4n) is 1.74. The number of carbonyl (C=O) groups excluding carboxylic acids is 1. The lowest BCUT2D eigenvalue weighted by atomic mass is 10.1. The highest BCUT2D eigenvalue weighted by molar-refractivity contribution is 6.35. The van der Waals surface area contributed by atoms with Crippen molar-refractivity contribution in [3.63, 3.8) is 0 Å². The fourth-order valence-corrected chi connectivity index (χ4v) is 2.26. The van der Waals surface area contributed by atoms with E-state index in [1.54, 1.807) is 13.0 Å². The first kappa shape index (κ1) is 15.3. The van der Waals surface area contributed by atoms with Gasteiger partial charge in [-0.1, -0.05) is 29.3 Å². The van der Waals surface area contributed by atoms with Crippen LogP contribution in [0.25, 0.3) is 0 Å². The summed E-state index contributed by atoms with van der Waals surface area (Å²) in [5.74, 6) is -0.442. The number of amides is 1. The Kier molecular flexibility index (Phi) is 4.45. The van der Waals surface area contributed by atoms with Gasteiger partial charge in [-0.05, 0) is 30.7 Å². The predicted molar refractivity (Wildman–Crippen MR) is 82.2 cm³/mol. The molecule has 0 radical (unpaired) electrons. The van der Waals surface area contributed by atoms with E-state index in [1.165, 1.54) is 30.3 Å². The summed E-state index contributed by atoms with van der Waals surface area (Å²) in [6.07, 6.45) is 0. The Balaban J connectivity index is 2.31. The van der Waals surface area contributed by atoms with E-state index in [4.69, 9.17) is 23.2 Å². The smallest absolute Gasteiger partial charge is 0.271 e. The zero-order chi connectivity index (χ0) is 15.6. The van der Waals surface area contributed by atoms with E-state index in [0.717, 1.165) is 0 Å². The lowest BCUT2D eigenvalue weighted by Gasteiger charge is -2.09. The van der Waals surface area contributed by atoms with Gasteiger partial charge in [0.2, 0.25) is 0 Å². The van der Waals surface area contributed by atoms with E-state index in [1.807, 2.05) is 0 Å². The van der Waals surface area contributed by atoms with Crippen LogP contribution in [0.2, 0.25) is 10.0 Å². The summed E-state index contributed by atoms with van der Waals surface area (Å²) in [5, 5.41) is 14.1. The first-order valence-corrected chi connectivity index (χ1v) is 6.65. The monoisotopic (exact) mass is 324 g/mol. The summed E-state index contributed by atoms with van der Waals surface area (Å²) in [6.45, 7) is 1.74. The van der Waals surface area contributed by atoms with Crippen LogP contribution in [0.3, 0.4) is 0 Å². The van der Waals surface area contributed by atoms with E-state index in [2.05, 4.69) is 5.32 Å². The standard InChI is InChI=1S/C14H10Cl2N2O3/c1-8-2-3-12(18(20)21)7-13(8)17-14(19)9-4-10(15)6-11(16)5-9/h2-7H,1H3,(H,17,19). The molecule has 2 aromatic rings. The van der Waals surface area contributed by atoms with Gasteiger partial charge in [0.15, 0.2) is 0 Å². The number of nitrogens with one attached hydrogen (secondary N) is 1. The van der Waals surface area contributed by atoms with Crippen LogP contribution in [0.5, 0.6) is 0 Å². The van der Waals surface area contributed by atoms with Gasteiger partial charge in [0.25, 0.3) is 11.6 Å². The zero-order valence-electron chi connectivity index (χ0n) is 10.9. The van der Waals surface area contributed by atoms with Gasteiger partial charge >= 0.3 is 0 Å². The van der Waals surface area contributed by atoms with Crippen LogP contribution in [-0.4, -0.2) is 10.8 Å². The number of hydrogen-bond acceptors (Lipinski definition) is 3. The molecule has 0 saturated carbocycles. The van der Waals surface area contributed by atoms with Crippen molar-refractivity contribution in [3.05, 3.63) is 67.7 Å². The minimum Gasteiger partial charge on any atom is -0.321 e. The Morgan fingerprint density at radius 2 is 1.76 bits per heavy atom. The number of nitrogens with zero attached hydrogens (tertiary/aromatic N) is 1. The molecule has 0 aliphatic carbocycles. The number of hydrogen-bond donors (Lipinski definition) is 1. The van der Waals surface area contributed by atoms with Crippen LogP contribution in [-0.2, 0) is 0 Å². The molecular formula is C14H10Cl2N2O3. The molecule has 0 heterocycles. The van der Waals surface area contributed by atoms with Crippen LogP contribution >= 0.6 is 23.2 Å². The van der Waals surface area contributed by atoms with E-state index in [0.29, 0.717) is 21.3 Å². The topological polar surface area (TPSA) is 72.2 Å². The second kappa shape index (κ2) is 6.11. The molecule has 0 saturated heterocycles. The zero-order valence-corrected chi connectivity index (χ0v) is 12.4. The minimum absolute atomic E-state index is 0.0972. The van der Waals surface area contributed by atoms with E-state index in [9.17, 15) is 14.9 Å². The number of nitro groups is 1. The van der Waals surface area contributed by atoms with Gasteiger partial charge in [-0.3, -0.25) is 14.9 Å². The highest BCUT2D eigenvalue weighted by atomic mass is 35.5. The number of benzene rings is 2. The minimum atomic E-state index is -0.522. The molecule has 0 bridgehead atoms. The molecule has 1 amide bonds. The third kappa shape index (κ3) is 3.71. The van der Waals surface area contributed by atoms with Crippen LogP contribution in [0.1, 0.15) is 15.9 Å². The Labute approximate surface area is 130 Å². The van der Waals surface area contributed by atoms with Gasteiger partial charge in [0.1, 0.15) is 0 Å². The summed E-state index contributed by atoms with van der Waals surface area (Å²) in [5.41, 5.74) is 1.26. The van der Waals surface area contributed by atoms with Crippen LogP contribution in [0.4, 0.5) is 11.4 Å². The summed E-state index contributed by atoms with van der Waals surface area (Å²) >= 11 is 11.7. The first-order valence-electron chi connectivity index (χ1n) is 5.89. The van der Waals surface area contributed by atoms with Crippen molar-refractivity contribution in [1.82, 2.24) is 0 Å². The quantitative estimate of drug-likeness (QED) is 0.669. The molecule has 0 aromatic heterocycles. The van der Waals surface area contributed by atoms with Crippen molar-refractivity contribution in [3.8, 4) is 0 Å². The van der Waals surface area contributed by atoms with Gasteiger partial charge in [0, 0.05) is 27.7 Å². The maximum atomic E-state index is 12.2. The molecule has 21 heavy (non-hydrogen) atoms. The van der Waals surface area contributed by atoms with Gasteiger partial charge in [-0.2, -0.15) is 0 Å². The van der Waals surface area contributed by atoms with Crippen molar-refractivity contribution < 1.29 is 9.72 Å². The van der Waals surface area contributed by atoms with Crippen molar-refractivity contribution in [2.45, 2.75) is 6.92 Å². The number of aryl methyl sites for hydroxylation is 1. The van der Waals surface area contributed by atoms with Crippen molar-refractivity contribution in [2.75, 3.05) is 5.32 Å². The average Bonchev–Trinajstić information content (AvgIpc) is 2.39. The average molecular weight is 325 g/mol. The summed E-state index contributed by atoms with van der Waals surface area (Å²) in [4.78, 5) is 22.4. The number of halogens is 2. The van der Waals surface area contributed by atoms with Crippen LogP contribution in [0, 0.1) is 17.0 Å². The molecule has 0 atom stereocenters. The Morgan fingerprint density at radius 1 is 1.14 bits per heavy atom. The molecule has 2 aromatic carbocycles. The number of carbonyl (C=O) groups is 1. The third-order valence-corrected chi connectivity index (χ3v) is 3.24. The maximum Gasteiger partial charge on any atom is 0.271 e. The molecule has 7 heteroatoms. The molecule has 0 unspecified atom stereocenters. The number of anilines is 1. The molecule has 0 aliphatic heterocycles. The molecule has 0 aliphatic rings. The van der Waals surface area contributed by atoms with E-state index in [-0.39, 0.29) is 11.3 Å². The van der Waals surface area contributed by atoms with Gasteiger partial charge in [-0.15, -0.1) is 0 Å². The second-order valence-corrected chi connectivity index (χ2v) is 5.24. The normalized spacial score (nSPS) is 10.2. The molecule has 0 fully saturated rings. The van der Waals surface area contributed by atoms with Gasteiger partial charge in [0.05, 0.1) is 10.6 Å². The number of nitro benzene ring substituents is 1. The SMILES string of the molecule is Cc1ccc([N+](=O)[O-])cc1NC(=O)c1cc(Cl)cc(Cl)c1. The van der Waals surface area contributed by atoms with E-state index < -0.39 is 10.8 Å². The third-order valence-electron chi connectivity index (χ3n) is 2.80. The lowest BCUT2D eigenvalue weighted by molar-refractivity contribution is -0.384. The van der Waals surface area contributed by atoms with Crippen molar-refractivity contribution >= 4 is 40.5 Å². The molecule has 0 spiro atoms. The van der Waals surface area contributed by atoms with Gasteiger partial charge < -0.3 is 5.32 Å². The molecule has 108 valence electrons. The summed E-state index contributed by atoms with van der Waals surface area (Å²) in [7, 11) is 0. The van der Waals surface area contributed by atoms with Crippen LogP contribution in [0.15, 0.2) is 36.4 Å². The highest BCUT2D eigenvalue weighted by Gasteiger charge is 2.13. The van der Waals surface area contributed by atoms with Crippen molar-refractivity contribution in [1.29, 1.82) is 0 Å². The lowest BCUT2D eigenvalue weighted by Crippen LogP contribution is -2.13. The van der Waals surface area contributed by atoms with Gasteiger partial charge in [-0.25, -0.2) is 0 Å². The Hall–Kier alpha value is -2.11. The summed E-state index contributed by atoms with van der Waals surface area (Å²) < 4.78 is 0. The van der Waals surface area contributed by atoms with E-state index >= 15 is 0 Å². The summed E-state index contributed by atoms with van der Waals surface area (Å²) in [6, 6.07) is 8.70. The highest BCUT2D eigenvalue weighted by Crippen LogP contribution is 2.24. The Morgan fingerprint density at radius 3 is 2.33 bits per heavy atom. The molecular weight excluding hydrogens is 315 g/mol. The fraction of sp³-hybridized carbons (Fsp3) is 0.0714. The molecule has 1 N–H and O–H groups in total. The Bertz CT molecular complexity index is 712. The second-order valence-electron chi connectivity index (χ2n) is 4.37. The molecule has 5 nitrogen and oxygen atoms in total. The predicted octanol–water partition coefficient (Wildman–Crippen LogP) is 4.46. The number of rotatable bonds is 3. The molecule has 2 rings (SSSR count). The first-order chi connectivity index (χ1) is 9.86. The van der Waals surface area contributed by atoms with Crippen LogP contribution < -0.4 is 5.32 Å². The largest absolute Gasteiger partial charge is 0.321 e. The number of non-ortho nitro benzene ring substituents is 1.